The molecule has 4 nitrogen and oxygen atoms in total. The summed E-state index contributed by atoms with van der Waals surface area (Å²) in [6.45, 7) is 2.01. The highest BCUT2D eigenvalue weighted by atomic mass is 32.2. The lowest BCUT2D eigenvalue weighted by molar-refractivity contribution is 0.0888. The molecule has 1 atom stereocenters. The first-order chi connectivity index (χ1) is 9.49. The standard InChI is InChI=1S/C15H23NO3S/c1-12-7-9-14(10-8-12)20(18,19)16-11-15(17)13-5-3-2-4-6-13/h7-10,13,15-17H,2-6,11H2,1H3/t15-/m1/s1. The fourth-order valence-corrected chi connectivity index (χ4v) is 3.73. The van der Waals surface area contributed by atoms with E-state index in [1.807, 2.05) is 6.92 Å². The van der Waals surface area contributed by atoms with Crippen LogP contribution in [0.3, 0.4) is 0 Å². The Morgan fingerprint density at radius 2 is 1.80 bits per heavy atom. The number of aryl methyl sites for hydroxylation is 1. The van der Waals surface area contributed by atoms with E-state index >= 15 is 0 Å². The fraction of sp³-hybridized carbons (Fsp3) is 0.600. The summed E-state index contributed by atoms with van der Waals surface area (Å²) >= 11 is 0. The number of sulfonamides is 1. The molecule has 0 saturated heterocycles. The summed E-state index contributed by atoms with van der Waals surface area (Å²) in [5, 5.41) is 10.1. The lowest BCUT2D eigenvalue weighted by Crippen LogP contribution is -2.37. The summed E-state index contributed by atoms with van der Waals surface area (Å²) in [7, 11) is -3.52. The fourth-order valence-electron chi connectivity index (χ4n) is 2.68. The maximum Gasteiger partial charge on any atom is 0.240 e. The van der Waals surface area contributed by atoms with Crippen LogP contribution in [0, 0.1) is 12.8 Å². The minimum atomic E-state index is -3.52. The highest BCUT2D eigenvalue weighted by Gasteiger charge is 2.23. The van der Waals surface area contributed by atoms with Crippen molar-refractivity contribution in [3.63, 3.8) is 0 Å². The van der Waals surface area contributed by atoms with Crippen LogP contribution in [-0.2, 0) is 10.0 Å². The first kappa shape index (κ1) is 15.5. The van der Waals surface area contributed by atoms with Gasteiger partial charge in [-0.3, -0.25) is 0 Å². The Balaban J connectivity index is 1.93. The molecule has 0 heterocycles. The van der Waals surface area contributed by atoms with Crippen LogP contribution in [0.2, 0.25) is 0 Å². The molecule has 0 aliphatic heterocycles. The van der Waals surface area contributed by atoms with Crippen molar-refractivity contribution in [2.45, 2.75) is 50.0 Å². The SMILES string of the molecule is Cc1ccc(S(=O)(=O)NC[C@@H](O)C2CCCCC2)cc1. The van der Waals surface area contributed by atoms with E-state index in [1.54, 1.807) is 24.3 Å². The van der Waals surface area contributed by atoms with Gasteiger partial charge in [0.15, 0.2) is 0 Å². The second-order valence-electron chi connectivity index (χ2n) is 5.63. The van der Waals surface area contributed by atoms with E-state index in [4.69, 9.17) is 0 Å². The largest absolute Gasteiger partial charge is 0.391 e. The van der Waals surface area contributed by atoms with Gasteiger partial charge in [-0.25, -0.2) is 13.1 Å². The van der Waals surface area contributed by atoms with E-state index < -0.39 is 16.1 Å². The molecule has 5 heteroatoms. The van der Waals surface area contributed by atoms with Gasteiger partial charge in [0.1, 0.15) is 0 Å². The van der Waals surface area contributed by atoms with Crippen molar-refractivity contribution < 1.29 is 13.5 Å². The van der Waals surface area contributed by atoms with E-state index in [9.17, 15) is 13.5 Å². The molecule has 0 unspecified atom stereocenters. The summed E-state index contributed by atoms with van der Waals surface area (Å²) in [5.41, 5.74) is 1.02. The summed E-state index contributed by atoms with van der Waals surface area (Å²) in [6, 6.07) is 6.72. The van der Waals surface area contributed by atoms with E-state index in [-0.39, 0.29) is 17.4 Å². The van der Waals surface area contributed by atoms with Gasteiger partial charge in [-0.15, -0.1) is 0 Å². The molecule has 1 aliphatic carbocycles. The minimum Gasteiger partial charge on any atom is -0.391 e. The molecule has 1 aromatic carbocycles. The number of hydrogen-bond donors (Lipinski definition) is 2. The van der Waals surface area contributed by atoms with Crippen LogP contribution < -0.4 is 4.72 Å². The minimum absolute atomic E-state index is 0.0981. The lowest BCUT2D eigenvalue weighted by atomic mass is 9.85. The van der Waals surface area contributed by atoms with E-state index in [0.29, 0.717) is 0 Å². The molecule has 1 aromatic rings. The summed E-state index contributed by atoms with van der Waals surface area (Å²) < 4.78 is 26.7. The molecule has 0 amide bonds. The van der Waals surface area contributed by atoms with Gasteiger partial charge in [0.2, 0.25) is 10.0 Å². The third-order valence-corrected chi connectivity index (χ3v) is 5.45. The highest BCUT2D eigenvalue weighted by molar-refractivity contribution is 7.89. The molecular formula is C15H23NO3S. The van der Waals surface area contributed by atoms with Crippen molar-refractivity contribution in [3.05, 3.63) is 29.8 Å². The summed E-state index contributed by atoms with van der Waals surface area (Å²) in [5.74, 6) is 0.226. The average Bonchev–Trinajstić information content (AvgIpc) is 2.46. The Hall–Kier alpha value is -0.910. The number of aliphatic hydroxyl groups excluding tert-OH is 1. The first-order valence-corrected chi connectivity index (χ1v) is 8.72. The molecule has 0 bridgehead atoms. The monoisotopic (exact) mass is 297 g/mol. The summed E-state index contributed by atoms with van der Waals surface area (Å²) in [6.07, 6.45) is 4.88. The van der Waals surface area contributed by atoms with E-state index in [1.165, 1.54) is 6.42 Å². The normalized spacial score (nSPS) is 18.9. The van der Waals surface area contributed by atoms with Gasteiger partial charge >= 0.3 is 0 Å². The molecule has 20 heavy (non-hydrogen) atoms. The van der Waals surface area contributed by atoms with Crippen LogP contribution in [0.5, 0.6) is 0 Å². The predicted molar refractivity (Wildman–Crippen MR) is 78.9 cm³/mol. The van der Waals surface area contributed by atoms with Crippen molar-refractivity contribution in [2.75, 3.05) is 6.54 Å². The van der Waals surface area contributed by atoms with Gasteiger partial charge in [-0.05, 0) is 37.8 Å². The quantitative estimate of drug-likeness (QED) is 0.875. The predicted octanol–water partition coefficient (Wildman–Crippen LogP) is 2.21. The van der Waals surface area contributed by atoms with Gasteiger partial charge in [-0.1, -0.05) is 37.0 Å². The lowest BCUT2D eigenvalue weighted by Gasteiger charge is -2.26. The van der Waals surface area contributed by atoms with Crippen molar-refractivity contribution in [1.82, 2.24) is 4.72 Å². The van der Waals surface area contributed by atoms with E-state index in [2.05, 4.69) is 4.72 Å². The van der Waals surface area contributed by atoms with Crippen LogP contribution in [0.15, 0.2) is 29.2 Å². The van der Waals surface area contributed by atoms with Crippen LogP contribution in [0.4, 0.5) is 0 Å². The maximum absolute atomic E-state index is 12.1. The zero-order valence-corrected chi connectivity index (χ0v) is 12.7. The molecule has 2 rings (SSSR count). The molecule has 2 N–H and O–H groups in total. The van der Waals surface area contributed by atoms with Gasteiger partial charge < -0.3 is 5.11 Å². The number of aliphatic hydroxyl groups is 1. The number of nitrogens with one attached hydrogen (secondary N) is 1. The van der Waals surface area contributed by atoms with Crippen LogP contribution >= 0.6 is 0 Å². The zero-order chi connectivity index (χ0) is 14.6. The second-order valence-corrected chi connectivity index (χ2v) is 7.40. The van der Waals surface area contributed by atoms with Gasteiger partial charge in [0, 0.05) is 6.54 Å². The Kier molecular flexibility index (Phi) is 5.18. The zero-order valence-electron chi connectivity index (χ0n) is 11.9. The third-order valence-electron chi connectivity index (χ3n) is 4.01. The number of benzene rings is 1. The van der Waals surface area contributed by atoms with Crippen molar-refractivity contribution in [1.29, 1.82) is 0 Å². The van der Waals surface area contributed by atoms with Gasteiger partial charge in [0.25, 0.3) is 0 Å². The number of rotatable bonds is 5. The molecule has 1 saturated carbocycles. The maximum atomic E-state index is 12.1. The van der Waals surface area contributed by atoms with Crippen LogP contribution in [0.25, 0.3) is 0 Å². The smallest absolute Gasteiger partial charge is 0.240 e. The number of hydrogen-bond acceptors (Lipinski definition) is 3. The molecule has 1 aliphatic rings. The summed E-state index contributed by atoms with van der Waals surface area (Å²) in [4.78, 5) is 0.249. The molecule has 112 valence electrons. The first-order valence-electron chi connectivity index (χ1n) is 7.23. The van der Waals surface area contributed by atoms with Crippen molar-refractivity contribution >= 4 is 10.0 Å². The van der Waals surface area contributed by atoms with Crippen molar-refractivity contribution in [2.24, 2.45) is 5.92 Å². The topological polar surface area (TPSA) is 66.4 Å². The molecular weight excluding hydrogens is 274 g/mol. The van der Waals surface area contributed by atoms with E-state index in [0.717, 1.165) is 31.2 Å². The van der Waals surface area contributed by atoms with Crippen LogP contribution in [-0.4, -0.2) is 26.2 Å². The Bertz CT molecular complexity index is 519. The second kappa shape index (κ2) is 6.70. The van der Waals surface area contributed by atoms with Crippen molar-refractivity contribution in [3.8, 4) is 0 Å². The Morgan fingerprint density at radius 3 is 2.40 bits per heavy atom. The molecule has 1 fully saturated rings. The molecule has 0 radical (unpaired) electrons. The van der Waals surface area contributed by atoms with Gasteiger partial charge in [-0.2, -0.15) is 0 Å². The third kappa shape index (κ3) is 4.04. The Morgan fingerprint density at radius 1 is 1.20 bits per heavy atom. The average molecular weight is 297 g/mol. The molecule has 0 spiro atoms. The molecule has 0 aromatic heterocycles. The highest BCUT2D eigenvalue weighted by Crippen LogP contribution is 2.26. The Labute approximate surface area is 121 Å². The van der Waals surface area contributed by atoms with Crippen LogP contribution in [0.1, 0.15) is 37.7 Å². The van der Waals surface area contributed by atoms with Gasteiger partial charge in [0.05, 0.1) is 11.0 Å².